The van der Waals surface area contributed by atoms with E-state index in [1.165, 1.54) is 23.6 Å². The standard InChI is InChI=1S/C27H35N5O4/c1-30-10-12-31(13-11-30)18-21-7-4-6-20(14-21)17-28-26(33)8-5-9-32-19-29-23-16-25(36-3)24(35-2)15-22(23)27(32)34/h4,6-7,14-16,19H,5,8-13,17-18H2,1-3H3,(H,28,33). The third kappa shape index (κ3) is 6.41. The Morgan fingerprint density at radius 3 is 2.50 bits per heavy atom. The lowest BCUT2D eigenvalue weighted by Crippen LogP contribution is -2.43. The molecule has 9 heteroatoms. The highest BCUT2D eigenvalue weighted by atomic mass is 16.5. The molecule has 9 nitrogen and oxygen atoms in total. The number of rotatable bonds is 10. The topological polar surface area (TPSA) is 88.9 Å². The fourth-order valence-electron chi connectivity index (χ4n) is 4.45. The van der Waals surface area contributed by atoms with Crippen molar-refractivity contribution < 1.29 is 14.3 Å². The molecule has 1 aromatic heterocycles. The van der Waals surface area contributed by atoms with Crippen LogP contribution < -0.4 is 20.3 Å². The lowest BCUT2D eigenvalue weighted by Gasteiger charge is -2.32. The number of carbonyl (C=O) groups excluding carboxylic acids is 1. The summed E-state index contributed by atoms with van der Waals surface area (Å²) in [7, 11) is 5.23. The first-order chi connectivity index (χ1) is 17.5. The average Bonchev–Trinajstić information content (AvgIpc) is 2.89. The Bertz CT molecular complexity index is 1250. The highest BCUT2D eigenvalue weighted by Gasteiger charge is 2.14. The monoisotopic (exact) mass is 493 g/mol. The van der Waals surface area contributed by atoms with Crippen LogP contribution in [0.25, 0.3) is 10.9 Å². The molecule has 0 bridgehead atoms. The Hall–Kier alpha value is -3.43. The van der Waals surface area contributed by atoms with E-state index in [4.69, 9.17) is 9.47 Å². The molecular formula is C27H35N5O4. The molecule has 0 atom stereocenters. The summed E-state index contributed by atoms with van der Waals surface area (Å²) < 4.78 is 12.1. The summed E-state index contributed by atoms with van der Waals surface area (Å²) in [5, 5.41) is 3.46. The number of hydrogen-bond acceptors (Lipinski definition) is 7. The van der Waals surface area contributed by atoms with Crippen molar-refractivity contribution >= 4 is 16.8 Å². The fourth-order valence-corrected chi connectivity index (χ4v) is 4.45. The number of carbonyl (C=O) groups is 1. The van der Waals surface area contributed by atoms with Gasteiger partial charge in [-0.15, -0.1) is 0 Å². The first kappa shape index (κ1) is 25.7. The second kappa shape index (κ2) is 12.0. The predicted octanol–water partition coefficient (Wildman–Crippen LogP) is 2.26. The van der Waals surface area contributed by atoms with Gasteiger partial charge >= 0.3 is 0 Å². The SMILES string of the molecule is COc1cc2ncn(CCCC(=O)NCc3cccc(CN4CCN(C)CC4)c3)c(=O)c2cc1OC. The maximum absolute atomic E-state index is 12.9. The van der Waals surface area contributed by atoms with Gasteiger partial charge in [-0.1, -0.05) is 24.3 Å². The zero-order chi connectivity index (χ0) is 25.5. The van der Waals surface area contributed by atoms with E-state index in [0.717, 1.165) is 38.3 Å². The van der Waals surface area contributed by atoms with Gasteiger partial charge in [-0.2, -0.15) is 0 Å². The number of nitrogens with zero attached hydrogens (tertiary/aromatic N) is 4. The third-order valence-electron chi connectivity index (χ3n) is 6.62. The zero-order valence-corrected chi connectivity index (χ0v) is 21.3. The quantitative estimate of drug-likeness (QED) is 0.463. The molecule has 1 fully saturated rings. The van der Waals surface area contributed by atoms with Crippen LogP contribution in [0.15, 0.2) is 47.5 Å². The average molecular weight is 494 g/mol. The molecule has 1 aliphatic rings. The summed E-state index contributed by atoms with van der Waals surface area (Å²) in [6.07, 6.45) is 2.38. The van der Waals surface area contributed by atoms with Crippen LogP contribution in [-0.4, -0.2) is 72.7 Å². The maximum atomic E-state index is 12.9. The minimum Gasteiger partial charge on any atom is -0.493 e. The van der Waals surface area contributed by atoms with Crippen molar-refractivity contribution in [3.63, 3.8) is 0 Å². The molecule has 0 saturated carbocycles. The predicted molar refractivity (Wildman–Crippen MR) is 139 cm³/mol. The maximum Gasteiger partial charge on any atom is 0.261 e. The lowest BCUT2D eigenvalue weighted by molar-refractivity contribution is -0.121. The van der Waals surface area contributed by atoms with Crippen LogP contribution in [-0.2, 0) is 24.4 Å². The highest BCUT2D eigenvalue weighted by Crippen LogP contribution is 2.29. The molecule has 0 aliphatic carbocycles. The van der Waals surface area contributed by atoms with E-state index in [-0.39, 0.29) is 11.5 Å². The largest absolute Gasteiger partial charge is 0.493 e. The van der Waals surface area contributed by atoms with Gasteiger partial charge in [0.2, 0.25) is 5.91 Å². The van der Waals surface area contributed by atoms with Gasteiger partial charge in [0.25, 0.3) is 5.56 Å². The van der Waals surface area contributed by atoms with Crippen molar-refractivity contribution in [2.75, 3.05) is 47.4 Å². The van der Waals surface area contributed by atoms with Gasteiger partial charge in [0.05, 0.1) is 31.4 Å². The van der Waals surface area contributed by atoms with Gasteiger partial charge in [-0.05, 0) is 30.7 Å². The number of aryl methyl sites for hydroxylation is 1. The van der Waals surface area contributed by atoms with Crippen molar-refractivity contribution in [3.05, 3.63) is 64.2 Å². The molecule has 1 N–H and O–H groups in total. The van der Waals surface area contributed by atoms with Crippen LogP contribution in [0.3, 0.4) is 0 Å². The number of hydrogen-bond donors (Lipinski definition) is 1. The van der Waals surface area contributed by atoms with E-state index in [1.54, 1.807) is 19.2 Å². The number of piperazine rings is 1. The summed E-state index contributed by atoms with van der Waals surface area (Å²) in [5.41, 5.74) is 2.73. The number of methoxy groups -OCH3 is 2. The summed E-state index contributed by atoms with van der Waals surface area (Å²) >= 11 is 0. The van der Waals surface area contributed by atoms with Gasteiger partial charge < -0.3 is 19.7 Å². The van der Waals surface area contributed by atoms with E-state index >= 15 is 0 Å². The van der Waals surface area contributed by atoms with Crippen molar-refractivity contribution in [2.24, 2.45) is 0 Å². The summed E-state index contributed by atoms with van der Waals surface area (Å²) in [4.78, 5) is 34.5. The minimum absolute atomic E-state index is 0.0346. The third-order valence-corrected chi connectivity index (χ3v) is 6.62. The second-order valence-electron chi connectivity index (χ2n) is 9.25. The van der Waals surface area contributed by atoms with Gasteiger partial charge in [0.15, 0.2) is 11.5 Å². The Labute approximate surface area is 211 Å². The smallest absolute Gasteiger partial charge is 0.261 e. The Kier molecular flexibility index (Phi) is 8.56. The molecule has 0 unspecified atom stereocenters. The summed E-state index contributed by atoms with van der Waals surface area (Å²) in [6.45, 7) is 6.19. The number of likely N-dealkylation sites (N-methyl/N-ethyl adjacent to an activating group) is 1. The fraction of sp³-hybridized carbons (Fsp3) is 0.444. The Balaban J connectivity index is 1.27. The molecule has 4 rings (SSSR count). The summed E-state index contributed by atoms with van der Waals surface area (Å²) in [5.74, 6) is 0.970. The zero-order valence-electron chi connectivity index (χ0n) is 21.3. The van der Waals surface area contributed by atoms with Crippen molar-refractivity contribution in [1.82, 2.24) is 24.7 Å². The van der Waals surface area contributed by atoms with Crippen LogP contribution in [0, 0.1) is 0 Å². The number of ether oxygens (including phenoxy) is 2. The molecular weight excluding hydrogens is 458 g/mol. The number of benzene rings is 2. The minimum atomic E-state index is -0.168. The number of fused-ring (bicyclic) bond motifs is 1. The van der Waals surface area contributed by atoms with Gasteiger partial charge in [-0.25, -0.2) is 4.98 Å². The van der Waals surface area contributed by atoms with E-state index in [9.17, 15) is 9.59 Å². The number of aromatic nitrogens is 2. The van der Waals surface area contributed by atoms with Crippen LogP contribution in [0.5, 0.6) is 11.5 Å². The van der Waals surface area contributed by atoms with Crippen LogP contribution in [0.2, 0.25) is 0 Å². The van der Waals surface area contributed by atoms with Crippen molar-refractivity contribution in [2.45, 2.75) is 32.5 Å². The Morgan fingerprint density at radius 1 is 1.03 bits per heavy atom. The molecule has 3 aromatic rings. The van der Waals surface area contributed by atoms with Crippen LogP contribution in [0.4, 0.5) is 0 Å². The molecule has 2 heterocycles. The lowest BCUT2D eigenvalue weighted by atomic mass is 10.1. The van der Waals surface area contributed by atoms with Crippen molar-refractivity contribution in [3.8, 4) is 11.5 Å². The van der Waals surface area contributed by atoms with Gasteiger partial charge in [0.1, 0.15) is 0 Å². The van der Waals surface area contributed by atoms with E-state index in [0.29, 0.717) is 48.3 Å². The molecule has 1 saturated heterocycles. The molecule has 2 aromatic carbocycles. The highest BCUT2D eigenvalue weighted by molar-refractivity contribution is 5.81. The molecule has 1 amide bonds. The second-order valence-corrected chi connectivity index (χ2v) is 9.25. The van der Waals surface area contributed by atoms with Crippen molar-refractivity contribution in [1.29, 1.82) is 0 Å². The van der Waals surface area contributed by atoms with Gasteiger partial charge in [0, 0.05) is 58.3 Å². The Morgan fingerprint density at radius 2 is 1.75 bits per heavy atom. The van der Waals surface area contributed by atoms with Gasteiger partial charge in [-0.3, -0.25) is 19.1 Å². The molecule has 192 valence electrons. The van der Waals surface area contributed by atoms with Crippen LogP contribution >= 0.6 is 0 Å². The number of nitrogens with one attached hydrogen (secondary N) is 1. The molecule has 0 radical (unpaired) electrons. The molecule has 1 aliphatic heterocycles. The normalized spacial score (nSPS) is 14.6. The van der Waals surface area contributed by atoms with Crippen LogP contribution in [0.1, 0.15) is 24.0 Å². The molecule has 36 heavy (non-hydrogen) atoms. The molecule has 0 spiro atoms. The summed E-state index contributed by atoms with van der Waals surface area (Å²) in [6, 6.07) is 11.7. The van der Waals surface area contributed by atoms with E-state index in [1.807, 2.05) is 6.07 Å². The first-order valence-corrected chi connectivity index (χ1v) is 12.3. The first-order valence-electron chi connectivity index (χ1n) is 12.3. The van der Waals surface area contributed by atoms with E-state index in [2.05, 4.69) is 45.3 Å². The number of amides is 1. The van der Waals surface area contributed by atoms with E-state index < -0.39 is 0 Å².